The average molecular weight is 154 g/mol. The van der Waals surface area contributed by atoms with Crippen molar-refractivity contribution in [3.63, 3.8) is 0 Å². The lowest BCUT2D eigenvalue weighted by Gasteiger charge is -2.18. The van der Waals surface area contributed by atoms with E-state index in [0.29, 0.717) is 6.04 Å². The van der Waals surface area contributed by atoms with Crippen LogP contribution in [-0.2, 0) is 0 Å². The molecule has 64 valence electrons. The van der Waals surface area contributed by atoms with Gasteiger partial charge in [-0.3, -0.25) is 0 Å². The zero-order chi connectivity index (χ0) is 8.69. The van der Waals surface area contributed by atoms with Gasteiger partial charge in [-0.25, -0.2) is 0 Å². The van der Waals surface area contributed by atoms with E-state index in [4.69, 9.17) is 0 Å². The SMILES string of the molecule is C=CN/C=C\C(CC)N(C)C. The highest BCUT2D eigenvalue weighted by Gasteiger charge is 2.01. The highest BCUT2D eigenvalue weighted by Crippen LogP contribution is 1.99. The Bertz CT molecular complexity index is 128. The maximum atomic E-state index is 3.55. The predicted molar refractivity (Wildman–Crippen MR) is 50.2 cm³/mol. The van der Waals surface area contributed by atoms with Crippen molar-refractivity contribution in [2.75, 3.05) is 14.1 Å². The van der Waals surface area contributed by atoms with Crippen LogP contribution in [0.5, 0.6) is 0 Å². The number of likely N-dealkylation sites (N-methyl/N-ethyl adjacent to an activating group) is 1. The molecule has 0 aliphatic carbocycles. The van der Waals surface area contributed by atoms with Crippen LogP contribution in [-0.4, -0.2) is 25.0 Å². The third-order valence-electron chi connectivity index (χ3n) is 1.61. The molecule has 2 nitrogen and oxygen atoms in total. The van der Waals surface area contributed by atoms with Crippen LogP contribution in [0.4, 0.5) is 0 Å². The van der Waals surface area contributed by atoms with E-state index in [1.165, 1.54) is 0 Å². The molecule has 0 aromatic rings. The first-order chi connectivity index (χ1) is 5.22. The van der Waals surface area contributed by atoms with Crippen molar-refractivity contribution in [1.29, 1.82) is 0 Å². The summed E-state index contributed by atoms with van der Waals surface area (Å²) in [5, 5.41) is 2.92. The number of hydrogen-bond donors (Lipinski definition) is 1. The van der Waals surface area contributed by atoms with Crippen molar-refractivity contribution in [1.82, 2.24) is 10.2 Å². The molecule has 0 amide bonds. The molecule has 0 aromatic carbocycles. The molecule has 0 saturated carbocycles. The summed E-state index contributed by atoms with van der Waals surface area (Å²) < 4.78 is 0. The lowest BCUT2D eigenvalue weighted by atomic mass is 10.2. The summed E-state index contributed by atoms with van der Waals surface area (Å²) in [6.45, 7) is 5.72. The van der Waals surface area contributed by atoms with Crippen molar-refractivity contribution >= 4 is 0 Å². The summed E-state index contributed by atoms with van der Waals surface area (Å²) in [5.74, 6) is 0. The maximum Gasteiger partial charge on any atom is 0.0286 e. The molecule has 0 bridgehead atoms. The van der Waals surface area contributed by atoms with Gasteiger partial charge in [-0.2, -0.15) is 0 Å². The zero-order valence-electron chi connectivity index (χ0n) is 7.67. The van der Waals surface area contributed by atoms with Gasteiger partial charge in [0.25, 0.3) is 0 Å². The summed E-state index contributed by atoms with van der Waals surface area (Å²) in [5.41, 5.74) is 0. The molecule has 0 aromatic heterocycles. The molecule has 0 rings (SSSR count). The Labute approximate surface area is 69.6 Å². The highest BCUT2D eigenvalue weighted by molar-refractivity contribution is 4.92. The van der Waals surface area contributed by atoms with Crippen LogP contribution in [0.15, 0.2) is 25.1 Å². The zero-order valence-corrected chi connectivity index (χ0v) is 7.67. The Hall–Kier alpha value is -0.760. The minimum absolute atomic E-state index is 0.516. The van der Waals surface area contributed by atoms with Gasteiger partial charge < -0.3 is 10.2 Å². The molecule has 0 aliphatic rings. The van der Waals surface area contributed by atoms with Gasteiger partial charge in [0.05, 0.1) is 0 Å². The maximum absolute atomic E-state index is 3.55. The molecule has 0 fully saturated rings. The fourth-order valence-electron chi connectivity index (χ4n) is 0.908. The van der Waals surface area contributed by atoms with Crippen LogP contribution in [0.2, 0.25) is 0 Å². The number of nitrogens with one attached hydrogen (secondary N) is 1. The predicted octanol–water partition coefficient (Wildman–Crippen LogP) is 1.57. The molecular formula is C9H18N2. The van der Waals surface area contributed by atoms with Crippen LogP contribution in [0.1, 0.15) is 13.3 Å². The molecule has 0 spiro atoms. The minimum Gasteiger partial charge on any atom is -0.368 e. The third-order valence-corrected chi connectivity index (χ3v) is 1.61. The lowest BCUT2D eigenvalue weighted by Crippen LogP contribution is -2.25. The van der Waals surface area contributed by atoms with E-state index in [2.05, 4.69) is 43.9 Å². The molecule has 0 aliphatic heterocycles. The van der Waals surface area contributed by atoms with Crippen LogP contribution in [0, 0.1) is 0 Å². The Morgan fingerprint density at radius 2 is 2.18 bits per heavy atom. The summed E-state index contributed by atoms with van der Waals surface area (Å²) in [6, 6.07) is 0.516. The van der Waals surface area contributed by atoms with E-state index in [-0.39, 0.29) is 0 Å². The van der Waals surface area contributed by atoms with Gasteiger partial charge >= 0.3 is 0 Å². The molecular weight excluding hydrogens is 136 g/mol. The standard InChI is InChI=1S/C9H18N2/c1-5-9(11(3)4)7-8-10-6-2/h6-10H,2,5H2,1,3-4H3/b8-7-. The number of rotatable bonds is 5. The number of nitrogens with zero attached hydrogens (tertiary/aromatic N) is 1. The second-order valence-electron chi connectivity index (χ2n) is 2.67. The quantitative estimate of drug-likeness (QED) is 0.646. The number of hydrogen-bond acceptors (Lipinski definition) is 2. The summed E-state index contributed by atoms with van der Waals surface area (Å²) in [6.07, 6.45) is 6.84. The van der Waals surface area contributed by atoms with E-state index in [0.717, 1.165) is 6.42 Å². The van der Waals surface area contributed by atoms with Crippen molar-refractivity contribution in [3.05, 3.63) is 25.1 Å². The van der Waals surface area contributed by atoms with Gasteiger partial charge in [0.1, 0.15) is 0 Å². The van der Waals surface area contributed by atoms with Gasteiger partial charge in [0.2, 0.25) is 0 Å². The Balaban J connectivity index is 3.76. The third kappa shape index (κ3) is 4.62. The van der Waals surface area contributed by atoms with Gasteiger partial charge in [-0.1, -0.05) is 19.6 Å². The van der Waals surface area contributed by atoms with Crippen LogP contribution in [0.25, 0.3) is 0 Å². The molecule has 0 radical (unpaired) electrons. The first kappa shape index (κ1) is 10.2. The second kappa shape index (κ2) is 5.98. The lowest BCUT2D eigenvalue weighted by molar-refractivity contribution is 0.335. The normalized spacial score (nSPS) is 13.8. The molecule has 1 unspecified atom stereocenters. The van der Waals surface area contributed by atoms with Gasteiger partial charge in [0.15, 0.2) is 0 Å². The van der Waals surface area contributed by atoms with Crippen molar-refractivity contribution < 1.29 is 0 Å². The van der Waals surface area contributed by atoms with Crippen LogP contribution in [0.3, 0.4) is 0 Å². The second-order valence-corrected chi connectivity index (χ2v) is 2.67. The van der Waals surface area contributed by atoms with Gasteiger partial charge in [0, 0.05) is 6.04 Å². The summed E-state index contributed by atoms with van der Waals surface area (Å²) in [4.78, 5) is 2.18. The fourth-order valence-corrected chi connectivity index (χ4v) is 0.908. The summed E-state index contributed by atoms with van der Waals surface area (Å²) >= 11 is 0. The molecule has 2 heteroatoms. The Kier molecular flexibility index (Phi) is 5.57. The first-order valence-corrected chi connectivity index (χ1v) is 3.92. The van der Waals surface area contributed by atoms with Crippen molar-refractivity contribution in [3.8, 4) is 0 Å². The Morgan fingerprint density at radius 1 is 1.55 bits per heavy atom. The van der Waals surface area contributed by atoms with Crippen LogP contribution < -0.4 is 5.32 Å². The van der Waals surface area contributed by atoms with E-state index in [9.17, 15) is 0 Å². The smallest absolute Gasteiger partial charge is 0.0286 e. The fraction of sp³-hybridized carbons (Fsp3) is 0.556. The molecule has 0 heterocycles. The Morgan fingerprint density at radius 3 is 2.55 bits per heavy atom. The first-order valence-electron chi connectivity index (χ1n) is 3.92. The van der Waals surface area contributed by atoms with Crippen molar-refractivity contribution in [2.24, 2.45) is 0 Å². The topological polar surface area (TPSA) is 15.3 Å². The molecule has 1 atom stereocenters. The van der Waals surface area contributed by atoms with Gasteiger partial charge in [-0.15, -0.1) is 0 Å². The van der Waals surface area contributed by atoms with E-state index >= 15 is 0 Å². The van der Waals surface area contributed by atoms with E-state index in [1.54, 1.807) is 6.20 Å². The summed E-state index contributed by atoms with van der Waals surface area (Å²) in [7, 11) is 4.15. The van der Waals surface area contributed by atoms with E-state index in [1.807, 2.05) is 6.20 Å². The molecule has 0 saturated heterocycles. The average Bonchev–Trinajstić information content (AvgIpc) is 1.97. The molecule has 11 heavy (non-hydrogen) atoms. The monoisotopic (exact) mass is 154 g/mol. The van der Waals surface area contributed by atoms with Crippen molar-refractivity contribution in [2.45, 2.75) is 19.4 Å². The highest BCUT2D eigenvalue weighted by atomic mass is 15.1. The van der Waals surface area contributed by atoms with Crippen LogP contribution >= 0.6 is 0 Å². The minimum atomic E-state index is 0.516. The van der Waals surface area contributed by atoms with E-state index < -0.39 is 0 Å². The largest absolute Gasteiger partial charge is 0.368 e. The van der Waals surface area contributed by atoms with Gasteiger partial charge in [-0.05, 0) is 32.9 Å². The molecule has 1 N–H and O–H groups in total.